The molecule has 4 aromatic carbocycles. The van der Waals surface area contributed by atoms with E-state index in [-0.39, 0.29) is 24.0 Å². The summed E-state index contributed by atoms with van der Waals surface area (Å²) in [5, 5.41) is 15.6. The van der Waals surface area contributed by atoms with E-state index in [0.29, 0.717) is 0 Å². The topological polar surface area (TPSA) is 43.1 Å². The number of rotatable bonds is 3. The molecule has 0 bridgehead atoms. The summed E-state index contributed by atoms with van der Waals surface area (Å²) in [6, 6.07) is 34.8. The largest absolute Gasteiger partial charge is 0.624 e. The summed E-state index contributed by atoms with van der Waals surface area (Å²) in [6.07, 6.45) is 6.56. The van der Waals surface area contributed by atoms with Gasteiger partial charge in [-0.3, -0.25) is 10.6 Å². The Balaban J connectivity index is 1.35. The monoisotopic (exact) mass is 521 g/mol. The average molecular weight is 522 g/mol. The van der Waals surface area contributed by atoms with Gasteiger partial charge in [0, 0.05) is 16.2 Å². The van der Waals surface area contributed by atoms with Crippen molar-refractivity contribution < 1.29 is 0 Å². The van der Waals surface area contributed by atoms with Gasteiger partial charge in [-0.05, 0) is 41.7 Å². The minimum absolute atomic E-state index is 0.0455. The second-order valence-electron chi connectivity index (χ2n) is 11.7. The van der Waals surface area contributed by atoms with Crippen molar-refractivity contribution in [3.05, 3.63) is 142 Å². The van der Waals surface area contributed by atoms with E-state index >= 15 is 0 Å². The molecule has 0 spiro atoms. The van der Waals surface area contributed by atoms with Crippen molar-refractivity contribution in [2.24, 2.45) is 0 Å². The van der Waals surface area contributed by atoms with Crippen LogP contribution in [-0.4, -0.2) is 4.57 Å². The van der Waals surface area contributed by atoms with Gasteiger partial charge in [-0.25, -0.2) is 0 Å². The SMILES string of the molecule is CC1(C)C2=C(C=CCC2)c2c1ccc1c2c2ccccc2n1C1NC(c2ccccc2)[N-]C(c2ccccc2)N1. The van der Waals surface area contributed by atoms with Crippen molar-refractivity contribution in [1.82, 2.24) is 15.2 Å². The molecule has 0 saturated carbocycles. The zero-order valence-electron chi connectivity index (χ0n) is 22.9. The third-order valence-corrected chi connectivity index (χ3v) is 9.16. The van der Waals surface area contributed by atoms with Gasteiger partial charge in [-0.15, -0.1) is 0 Å². The van der Waals surface area contributed by atoms with Crippen LogP contribution in [0.1, 0.15) is 67.6 Å². The molecule has 1 aromatic heterocycles. The molecule has 1 saturated heterocycles. The Labute approximate surface area is 235 Å². The van der Waals surface area contributed by atoms with Crippen LogP contribution in [0.3, 0.4) is 0 Å². The molecule has 5 aromatic rings. The summed E-state index contributed by atoms with van der Waals surface area (Å²) in [5.74, 6) is 0. The maximum Gasteiger partial charge on any atom is 0.137 e. The minimum atomic E-state index is -0.155. The lowest BCUT2D eigenvalue weighted by Gasteiger charge is -2.50. The Morgan fingerprint density at radius 2 is 1.40 bits per heavy atom. The third-order valence-electron chi connectivity index (χ3n) is 9.16. The molecule has 1 fully saturated rings. The lowest BCUT2D eigenvalue weighted by atomic mass is 9.78. The number of nitrogens with zero attached hydrogens (tertiary/aromatic N) is 2. The maximum absolute atomic E-state index is 5.22. The van der Waals surface area contributed by atoms with Gasteiger partial charge in [-0.1, -0.05) is 140 Å². The molecule has 3 aliphatic rings. The predicted molar refractivity (Wildman–Crippen MR) is 165 cm³/mol. The van der Waals surface area contributed by atoms with Gasteiger partial charge in [0.15, 0.2) is 0 Å². The average Bonchev–Trinajstić information content (AvgIpc) is 3.47. The second-order valence-corrected chi connectivity index (χ2v) is 11.7. The number of fused-ring (bicyclic) bond motifs is 6. The summed E-state index contributed by atoms with van der Waals surface area (Å²) < 4.78 is 2.46. The number of allylic oxidation sites excluding steroid dienone is 4. The van der Waals surface area contributed by atoms with Crippen molar-refractivity contribution in [3.63, 3.8) is 0 Å². The molecule has 0 radical (unpaired) electrons. The van der Waals surface area contributed by atoms with Gasteiger partial charge in [0.05, 0.1) is 11.0 Å². The van der Waals surface area contributed by atoms with Crippen LogP contribution in [-0.2, 0) is 5.41 Å². The predicted octanol–water partition coefficient (Wildman–Crippen LogP) is 8.61. The molecule has 2 aliphatic carbocycles. The van der Waals surface area contributed by atoms with E-state index in [1.165, 1.54) is 49.6 Å². The fourth-order valence-electron chi connectivity index (χ4n) is 7.25. The minimum Gasteiger partial charge on any atom is -0.624 e. The molecule has 0 amide bonds. The molecule has 8 rings (SSSR count). The maximum atomic E-state index is 5.22. The molecule has 4 heteroatoms. The molecule has 198 valence electrons. The van der Waals surface area contributed by atoms with E-state index in [9.17, 15) is 0 Å². The molecule has 2 heterocycles. The van der Waals surface area contributed by atoms with Crippen molar-refractivity contribution in [2.45, 2.75) is 50.7 Å². The van der Waals surface area contributed by atoms with Crippen molar-refractivity contribution in [3.8, 4) is 0 Å². The van der Waals surface area contributed by atoms with Crippen molar-refractivity contribution in [2.75, 3.05) is 0 Å². The van der Waals surface area contributed by atoms with Crippen LogP contribution >= 0.6 is 0 Å². The number of hydrogen-bond acceptors (Lipinski definition) is 2. The number of para-hydroxylation sites is 1. The highest BCUT2D eigenvalue weighted by molar-refractivity contribution is 6.15. The van der Waals surface area contributed by atoms with Gasteiger partial charge in [0.2, 0.25) is 0 Å². The first-order valence-electron chi connectivity index (χ1n) is 14.4. The van der Waals surface area contributed by atoms with Crippen LogP contribution in [0, 0.1) is 0 Å². The standard InChI is InChI=1S/C36H33N4/c1-36(2)27-19-11-9-17-25(27)31-28(36)21-22-30-32(31)26-18-10-12-20-29(26)40(30)35-38-33(23-13-5-3-6-14-23)37-34(39-35)24-15-7-4-8-16-24/h3-10,12-18,20-22,33-35,38-39H,11,19H2,1-2H3/q-1. The van der Waals surface area contributed by atoms with Crippen LogP contribution in [0.25, 0.3) is 32.7 Å². The highest BCUT2D eigenvalue weighted by Gasteiger charge is 2.39. The van der Waals surface area contributed by atoms with Crippen LogP contribution in [0.5, 0.6) is 0 Å². The van der Waals surface area contributed by atoms with Gasteiger partial charge in [-0.2, -0.15) is 0 Å². The second kappa shape index (κ2) is 9.03. The lowest BCUT2D eigenvalue weighted by Crippen LogP contribution is -2.47. The molecular weight excluding hydrogens is 488 g/mol. The molecular formula is C36H33N4-. The Hall–Kier alpha value is -3.96. The first kappa shape index (κ1) is 23.9. The van der Waals surface area contributed by atoms with Gasteiger partial charge >= 0.3 is 0 Å². The smallest absolute Gasteiger partial charge is 0.137 e. The van der Waals surface area contributed by atoms with Crippen LogP contribution in [0.2, 0.25) is 0 Å². The Kier molecular flexibility index (Phi) is 5.39. The lowest BCUT2D eigenvalue weighted by molar-refractivity contribution is 0.251. The van der Waals surface area contributed by atoms with E-state index in [4.69, 9.17) is 5.32 Å². The van der Waals surface area contributed by atoms with Crippen LogP contribution in [0.4, 0.5) is 0 Å². The quantitative estimate of drug-likeness (QED) is 0.250. The molecule has 2 atom stereocenters. The number of benzene rings is 4. The fraction of sp³-hybridized carbons (Fsp3) is 0.222. The van der Waals surface area contributed by atoms with E-state index in [0.717, 1.165) is 12.8 Å². The van der Waals surface area contributed by atoms with E-state index < -0.39 is 0 Å². The van der Waals surface area contributed by atoms with E-state index in [1.807, 2.05) is 0 Å². The van der Waals surface area contributed by atoms with Gasteiger partial charge in [0.25, 0.3) is 0 Å². The fourth-order valence-corrected chi connectivity index (χ4v) is 7.25. The summed E-state index contributed by atoms with van der Waals surface area (Å²) in [7, 11) is 0. The highest BCUT2D eigenvalue weighted by Crippen LogP contribution is 2.53. The van der Waals surface area contributed by atoms with Crippen molar-refractivity contribution in [1.29, 1.82) is 0 Å². The summed E-state index contributed by atoms with van der Waals surface area (Å²) in [4.78, 5) is 0. The third kappa shape index (κ3) is 3.50. The summed E-state index contributed by atoms with van der Waals surface area (Å²) >= 11 is 0. The first-order chi connectivity index (χ1) is 19.6. The molecule has 4 nitrogen and oxygen atoms in total. The Morgan fingerprint density at radius 1 is 0.750 bits per heavy atom. The number of hydrogen-bond donors (Lipinski definition) is 2. The molecule has 2 N–H and O–H groups in total. The van der Waals surface area contributed by atoms with Crippen molar-refractivity contribution >= 4 is 27.4 Å². The van der Waals surface area contributed by atoms with Gasteiger partial charge in [0.1, 0.15) is 6.29 Å². The first-order valence-corrected chi connectivity index (χ1v) is 14.4. The number of aromatic nitrogens is 1. The summed E-state index contributed by atoms with van der Waals surface area (Å²) in [5.41, 5.74) is 10.7. The highest BCUT2D eigenvalue weighted by atomic mass is 15.4. The van der Waals surface area contributed by atoms with Crippen LogP contribution in [0.15, 0.2) is 115 Å². The molecule has 40 heavy (non-hydrogen) atoms. The Morgan fingerprint density at radius 3 is 2.10 bits per heavy atom. The zero-order valence-corrected chi connectivity index (χ0v) is 22.9. The molecule has 1 aliphatic heterocycles. The van der Waals surface area contributed by atoms with Gasteiger partial charge < -0.3 is 9.88 Å². The normalized spacial score (nSPS) is 23.5. The number of nitrogens with one attached hydrogen (secondary N) is 2. The van der Waals surface area contributed by atoms with E-state index in [2.05, 4.69) is 138 Å². The Bertz CT molecular complexity index is 1760. The zero-order chi connectivity index (χ0) is 26.8. The molecule has 2 unspecified atom stereocenters. The van der Waals surface area contributed by atoms with Crippen LogP contribution < -0.4 is 10.6 Å². The summed E-state index contributed by atoms with van der Waals surface area (Å²) in [6.45, 7) is 4.80. The van der Waals surface area contributed by atoms with E-state index in [1.54, 1.807) is 5.57 Å².